The molecule has 1 N–H and O–H groups in total. The third-order valence-electron chi connectivity index (χ3n) is 5.32. The van der Waals surface area contributed by atoms with Crippen LogP contribution in [0.2, 0.25) is 0 Å². The molecule has 0 aromatic rings. The van der Waals surface area contributed by atoms with Crippen LogP contribution in [0, 0.1) is 10.8 Å². The number of rotatable bonds is 7. The fourth-order valence-electron chi connectivity index (χ4n) is 3.49. The highest BCUT2D eigenvalue weighted by atomic mass is 16.5. The highest BCUT2D eigenvalue weighted by molar-refractivity contribution is 4.99. The molecule has 1 fully saturated rings. The predicted octanol–water partition coefficient (Wildman–Crippen LogP) is 5.17. The first-order valence-electron chi connectivity index (χ1n) is 8.93. The Hall–Kier alpha value is -0.0800. The van der Waals surface area contributed by atoms with Crippen molar-refractivity contribution >= 4 is 0 Å². The van der Waals surface area contributed by atoms with Crippen molar-refractivity contribution in [2.75, 3.05) is 13.7 Å². The van der Waals surface area contributed by atoms with Gasteiger partial charge in [-0.05, 0) is 62.3 Å². The van der Waals surface area contributed by atoms with E-state index in [1.165, 1.54) is 44.9 Å². The van der Waals surface area contributed by atoms with E-state index in [0.717, 1.165) is 6.54 Å². The third kappa shape index (κ3) is 5.90. The van der Waals surface area contributed by atoms with Gasteiger partial charge in [0.05, 0.1) is 5.60 Å². The largest absolute Gasteiger partial charge is 0.377 e. The van der Waals surface area contributed by atoms with Crippen LogP contribution in [0.3, 0.4) is 0 Å². The van der Waals surface area contributed by atoms with Crippen LogP contribution in [0.4, 0.5) is 0 Å². The summed E-state index contributed by atoms with van der Waals surface area (Å²) in [4.78, 5) is 0. The molecule has 1 rings (SSSR count). The maximum atomic E-state index is 6.13. The summed E-state index contributed by atoms with van der Waals surface area (Å²) >= 11 is 0. The van der Waals surface area contributed by atoms with E-state index in [1.807, 2.05) is 7.11 Å². The van der Waals surface area contributed by atoms with Gasteiger partial charge in [-0.15, -0.1) is 0 Å². The van der Waals surface area contributed by atoms with E-state index in [0.29, 0.717) is 16.9 Å². The van der Waals surface area contributed by atoms with Gasteiger partial charge in [0.25, 0.3) is 0 Å². The fourth-order valence-corrected chi connectivity index (χ4v) is 3.49. The Bertz CT molecular complexity index is 293. The summed E-state index contributed by atoms with van der Waals surface area (Å²) in [7, 11) is 1.93. The normalized spacial score (nSPS) is 23.0. The van der Waals surface area contributed by atoms with Gasteiger partial charge in [-0.3, -0.25) is 0 Å². The molecule has 0 radical (unpaired) electrons. The maximum absolute atomic E-state index is 6.13. The minimum Gasteiger partial charge on any atom is -0.377 e. The smallest absolute Gasteiger partial charge is 0.0831 e. The number of hydrogen-bond donors (Lipinski definition) is 1. The molecule has 0 aromatic carbocycles. The molecule has 1 unspecified atom stereocenters. The molecule has 0 spiro atoms. The Kier molecular flexibility index (Phi) is 6.74. The Morgan fingerprint density at radius 2 is 1.67 bits per heavy atom. The zero-order chi connectivity index (χ0) is 16.1. The molecule has 0 amide bonds. The van der Waals surface area contributed by atoms with Crippen LogP contribution >= 0.6 is 0 Å². The van der Waals surface area contributed by atoms with Gasteiger partial charge < -0.3 is 10.1 Å². The predicted molar refractivity (Wildman–Crippen MR) is 92.8 cm³/mol. The summed E-state index contributed by atoms with van der Waals surface area (Å²) in [5.74, 6) is 0. The second kappa shape index (κ2) is 7.46. The van der Waals surface area contributed by atoms with Crippen molar-refractivity contribution in [3.63, 3.8) is 0 Å². The minimum atomic E-state index is 0.0515. The van der Waals surface area contributed by atoms with Crippen molar-refractivity contribution in [1.82, 2.24) is 5.32 Å². The van der Waals surface area contributed by atoms with Gasteiger partial charge in [0, 0.05) is 13.2 Å². The molecule has 0 aromatic heterocycles. The van der Waals surface area contributed by atoms with E-state index in [2.05, 4.69) is 46.9 Å². The van der Waals surface area contributed by atoms with Gasteiger partial charge in [-0.1, -0.05) is 41.5 Å². The lowest BCUT2D eigenvalue weighted by molar-refractivity contribution is -0.0893. The van der Waals surface area contributed by atoms with Gasteiger partial charge in [0.1, 0.15) is 0 Å². The first kappa shape index (κ1) is 19.0. The zero-order valence-corrected chi connectivity index (χ0v) is 15.6. The standard InChI is InChI=1S/C19H39NO/c1-8-15-20-16(9-10-17(2,3)4)19(21-7)13-11-18(5,6)12-14-19/h16,20H,8-15H2,1-7H3. The van der Waals surface area contributed by atoms with E-state index >= 15 is 0 Å². The second-order valence-corrected chi connectivity index (χ2v) is 9.04. The van der Waals surface area contributed by atoms with Crippen LogP contribution < -0.4 is 5.32 Å². The molecular weight excluding hydrogens is 258 g/mol. The number of hydrogen-bond acceptors (Lipinski definition) is 2. The molecule has 1 atom stereocenters. The lowest BCUT2D eigenvalue weighted by Crippen LogP contribution is -2.55. The number of methoxy groups -OCH3 is 1. The lowest BCUT2D eigenvalue weighted by Gasteiger charge is -2.48. The van der Waals surface area contributed by atoms with E-state index < -0.39 is 0 Å². The monoisotopic (exact) mass is 297 g/mol. The molecule has 1 saturated carbocycles. The fraction of sp³-hybridized carbons (Fsp3) is 1.00. The summed E-state index contributed by atoms with van der Waals surface area (Å²) in [6, 6.07) is 0.498. The van der Waals surface area contributed by atoms with Crippen molar-refractivity contribution in [1.29, 1.82) is 0 Å². The summed E-state index contributed by atoms with van der Waals surface area (Å²) in [5, 5.41) is 3.81. The van der Waals surface area contributed by atoms with Crippen LogP contribution in [0.15, 0.2) is 0 Å². The van der Waals surface area contributed by atoms with E-state index in [9.17, 15) is 0 Å². The van der Waals surface area contributed by atoms with E-state index in [4.69, 9.17) is 4.74 Å². The molecule has 0 saturated heterocycles. The van der Waals surface area contributed by atoms with Gasteiger partial charge in [0.15, 0.2) is 0 Å². The average Bonchev–Trinajstić information content (AvgIpc) is 2.39. The molecule has 0 aliphatic heterocycles. The SMILES string of the molecule is CCCNC(CCC(C)(C)C)C1(OC)CCC(C)(C)CC1. The Morgan fingerprint density at radius 3 is 2.10 bits per heavy atom. The summed E-state index contributed by atoms with van der Waals surface area (Å²) in [6.45, 7) is 15.2. The molecule has 126 valence electrons. The van der Waals surface area contributed by atoms with Crippen LogP contribution in [0.25, 0.3) is 0 Å². The molecule has 1 aliphatic carbocycles. The quantitative estimate of drug-likeness (QED) is 0.700. The van der Waals surface area contributed by atoms with Crippen LogP contribution in [0.1, 0.15) is 86.5 Å². The summed E-state index contributed by atoms with van der Waals surface area (Å²) in [5.41, 5.74) is 0.937. The zero-order valence-electron chi connectivity index (χ0n) is 15.6. The van der Waals surface area contributed by atoms with Crippen molar-refractivity contribution in [3.8, 4) is 0 Å². The minimum absolute atomic E-state index is 0.0515. The highest BCUT2D eigenvalue weighted by Crippen LogP contribution is 2.44. The van der Waals surface area contributed by atoms with E-state index in [-0.39, 0.29) is 5.60 Å². The molecular formula is C19H39NO. The molecule has 0 heterocycles. The molecule has 2 nitrogen and oxygen atoms in total. The van der Waals surface area contributed by atoms with Crippen molar-refractivity contribution in [2.45, 2.75) is 98.1 Å². The highest BCUT2D eigenvalue weighted by Gasteiger charge is 2.44. The average molecular weight is 298 g/mol. The van der Waals surface area contributed by atoms with Gasteiger partial charge >= 0.3 is 0 Å². The second-order valence-electron chi connectivity index (χ2n) is 9.04. The third-order valence-corrected chi connectivity index (χ3v) is 5.32. The number of nitrogens with one attached hydrogen (secondary N) is 1. The lowest BCUT2D eigenvalue weighted by atomic mass is 9.67. The van der Waals surface area contributed by atoms with Crippen LogP contribution in [0.5, 0.6) is 0 Å². The van der Waals surface area contributed by atoms with Gasteiger partial charge in [0.2, 0.25) is 0 Å². The topological polar surface area (TPSA) is 21.3 Å². The van der Waals surface area contributed by atoms with Gasteiger partial charge in [-0.2, -0.15) is 0 Å². The Morgan fingerprint density at radius 1 is 1.10 bits per heavy atom. The number of ether oxygens (including phenoxy) is 1. The first-order chi connectivity index (χ1) is 9.64. The molecule has 0 bridgehead atoms. The molecule has 1 aliphatic rings. The van der Waals surface area contributed by atoms with Crippen molar-refractivity contribution in [3.05, 3.63) is 0 Å². The van der Waals surface area contributed by atoms with Crippen molar-refractivity contribution in [2.24, 2.45) is 10.8 Å². The molecule has 2 heteroatoms. The summed E-state index contributed by atoms with van der Waals surface area (Å²) in [6.07, 6.45) is 8.61. The van der Waals surface area contributed by atoms with Crippen molar-refractivity contribution < 1.29 is 4.74 Å². The van der Waals surface area contributed by atoms with Crippen LogP contribution in [-0.2, 0) is 4.74 Å². The van der Waals surface area contributed by atoms with Crippen LogP contribution in [-0.4, -0.2) is 25.3 Å². The van der Waals surface area contributed by atoms with Gasteiger partial charge in [-0.25, -0.2) is 0 Å². The summed E-state index contributed by atoms with van der Waals surface area (Å²) < 4.78 is 6.13. The Labute approximate surface area is 133 Å². The molecule has 21 heavy (non-hydrogen) atoms. The first-order valence-corrected chi connectivity index (χ1v) is 8.93. The Balaban J connectivity index is 2.77. The maximum Gasteiger partial charge on any atom is 0.0831 e. The van der Waals surface area contributed by atoms with E-state index in [1.54, 1.807) is 0 Å².